The highest BCUT2D eigenvalue weighted by atomic mass is 19.1. The molecule has 5 heteroatoms. The number of benzene rings is 2. The SMILES string of the molecule is CCOc1ccc(C(=O)NC(C)c2ccc(OC)c(F)c2)cc1C. The predicted molar refractivity (Wildman–Crippen MR) is 91.2 cm³/mol. The van der Waals surface area contributed by atoms with Crippen molar-refractivity contribution >= 4 is 5.91 Å². The smallest absolute Gasteiger partial charge is 0.251 e. The lowest BCUT2D eigenvalue weighted by Crippen LogP contribution is -2.26. The Balaban J connectivity index is 2.11. The number of carbonyl (C=O) groups excluding carboxylic acids is 1. The van der Waals surface area contributed by atoms with E-state index in [1.54, 1.807) is 37.3 Å². The molecule has 2 aromatic rings. The van der Waals surface area contributed by atoms with Crippen LogP contribution in [0, 0.1) is 12.7 Å². The van der Waals surface area contributed by atoms with Crippen LogP contribution in [0.15, 0.2) is 36.4 Å². The molecule has 0 spiro atoms. The Morgan fingerprint density at radius 1 is 1.21 bits per heavy atom. The molecule has 0 aliphatic carbocycles. The third-order valence-electron chi connectivity index (χ3n) is 3.76. The molecule has 128 valence electrons. The van der Waals surface area contributed by atoms with Crippen LogP contribution in [0.1, 0.15) is 41.4 Å². The molecule has 0 radical (unpaired) electrons. The molecule has 4 nitrogen and oxygen atoms in total. The summed E-state index contributed by atoms with van der Waals surface area (Å²) in [4.78, 5) is 12.4. The second-order valence-corrected chi connectivity index (χ2v) is 5.50. The number of halogens is 1. The van der Waals surface area contributed by atoms with Gasteiger partial charge in [0.1, 0.15) is 5.75 Å². The molecule has 1 N–H and O–H groups in total. The van der Waals surface area contributed by atoms with E-state index < -0.39 is 5.82 Å². The molecular weight excluding hydrogens is 309 g/mol. The molecule has 0 aliphatic rings. The molecule has 1 amide bonds. The van der Waals surface area contributed by atoms with Gasteiger partial charge < -0.3 is 14.8 Å². The van der Waals surface area contributed by atoms with E-state index in [4.69, 9.17) is 9.47 Å². The lowest BCUT2D eigenvalue weighted by Gasteiger charge is -2.16. The lowest BCUT2D eigenvalue weighted by molar-refractivity contribution is 0.0939. The van der Waals surface area contributed by atoms with Crippen molar-refractivity contribution in [2.24, 2.45) is 0 Å². The number of hydrogen-bond donors (Lipinski definition) is 1. The minimum atomic E-state index is -0.451. The summed E-state index contributed by atoms with van der Waals surface area (Å²) in [5.74, 6) is 0.275. The molecule has 0 saturated carbocycles. The summed E-state index contributed by atoms with van der Waals surface area (Å²) < 4.78 is 24.2. The third-order valence-corrected chi connectivity index (χ3v) is 3.76. The van der Waals surface area contributed by atoms with Gasteiger partial charge in [-0.15, -0.1) is 0 Å². The number of carbonyl (C=O) groups is 1. The molecule has 0 aliphatic heterocycles. The van der Waals surface area contributed by atoms with E-state index in [0.29, 0.717) is 17.7 Å². The zero-order chi connectivity index (χ0) is 17.7. The van der Waals surface area contributed by atoms with Crippen molar-refractivity contribution in [2.45, 2.75) is 26.8 Å². The maximum atomic E-state index is 13.8. The summed E-state index contributed by atoms with van der Waals surface area (Å²) in [7, 11) is 1.41. The van der Waals surface area contributed by atoms with Gasteiger partial charge in [0.05, 0.1) is 19.8 Å². The summed E-state index contributed by atoms with van der Waals surface area (Å²) in [5, 5.41) is 2.87. The van der Waals surface area contributed by atoms with Gasteiger partial charge in [-0.1, -0.05) is 6.07 Å². The Bertz CT molecular complexity index is 731. The average molecular weight is 331 g/mol. The first kappa shape index (κ1) is 17.8. The summed E-state index contributed by atoms with van der Waals surface area (Å²) in [6.07, 6.45) is 0. The highest BCUT2D eigenvalue weighted by Gasteiger charge is 2.14. The second-order valence-electron chi connectivity index (χ2n) is 5.50. The molecule has 2 aromatic carbocycles. The largest absolute Gasteiger partial charge is 0.494 e. The number of amides is 1. The van der Waals surface area contributed by atoms with Crippen molar-refractivity contribution in [1.82, 2.24) is 5.32 Å². The average Bonchev–Trinajstić information content (AvgIpc) is 2.56. The minimum Gasteiger partial charge on any atom is -0.494 e. The molecule has 1 unspecified atom stereocenters. The predicted octanol–water partition coefficient (Wildman–Crippen LogP) is 4.03. The summed E-state index contributed by atoms with van der Waals surface area (Å²) >= 11 is 0. The van der Waals surface area contributed by atoms with Crippen molar-refractivity contribution in [3.63, 3.8) is 0 Å². The van der Waals surface area contributed by atoms with Crippen LogP contribution >= 0.6 is 0 Å². The normalized spacial score (nSPS) is 11.7. The molecule has 1 atom stereocenters. The monoisotopic (exact) mass is 331 g/mol. The Kier molecular flexibility index (Phi) is 5.79. The van der Waals surface area contributed by atoms with E-state index in [1.807, 2.05) is 13.8 Å². The van der Waals surface area contributed by atoms with Crippen LogP contribution in [0.2, 0.25) is 0 Å². The molecule has 2 rings (SSSR count). The van der Waals surface area contributed by atoms with Crippen LogP contribution in [0.25, 0.3) is 0 Å². The Morgan fingerprint density at radius 3 is 2.50 bits per heavy atom. The zero-order valence-corrected chi connectivity index (χ0v) is 14.4. The van der Waals surface area contributed by atoms with Gasteiger partial charge in [-0.25, -0.2) is 4.39 Å². The third kappa shape index (κ3) is 4.04. The van der Waals surface area contributed by atoms with Crippen molar-refractivity contribution in [2.75, 3.05) is 13.7 Å². The summed E-state index contributed by atoms with van der Waals surface area (Å²) in [6, 6.07) is 9.60. The first-order chi connectivity index (χ1) is 11.5. The number of aryl methyl sites for hydroxylation is 1. The number of hydrogen-bond acceptors (Lipinski definition) is 3. The van der Waals surface area contributed by atoms with Gasteiger partial charge in [-0.3, -0.25) is 4.79 Å². The van der Waals surface area contributed by atoms with Crippen molar-refractivity contribution in [3.05, 3.63) is 58.9 Å². The summed E-state index contributed by atoms with van der Waals surface area (Å²) in [6.45, 7) is 6.19. The van der Waals surface area contributed by atoms with Gasteiger partial charge >= 0.3 is 0 Å². The fourth-order valence-corrected chi connectivity index (χ4v) is 2.42. The maximum Gasteiger partial charge on any atom is 0.251 e. The number of rotatable bonds is 6. The molecule has 0 bridgehead atoms. The fraction of sp³-hybridized carbons (Fsp3) is 0.316. The van der Waals surface area contributed by atoms with Crippen molar-refractivity contribution in [1.29, 1.82) is 0 Å². The number of methoxy groups -OCH3 is 1. The van der Waals surface area contributed by atoms with Crippen LogP contribution in [0.3, 0.4) is 0 Å². The first-order valence-electron chi connectivity index (χ1n) is 7.84. The quantitative estimate of drug-likeness (QED) is 0.869. The molecule has 24 heavy (non-hydrogen) atoms. The van der Waals surface area contributed by atoms with Crippen LogP contribution in [0.5, 0.6) is 11.5 Å². The Morgan fingerprint density at radius 2 is 1.92 bits per heavy atom. The Labute approximate surface area is 141 Å². The highest BCUT2D eigenvalue weighted by Crippen LogP contribution is 2.23. The summed E-state index contributed by atoms with van der Waals surface area (Å²) in [5.41, 5.74) is 2.11. The van der Waals surface area contributed by atoms with Gasteiger partial charge in [0.2, 0.25) is 0 Å². The van der Waals surface area contributed by atoms with Crippen molar-refractivity contribution < 1.29 is 18.7 Å². The number of nitrogens with one attached hydrogen (secondary N) is 1. The van der Waals surface area contributed by atoms with E-state index in [0.717, 1.165) is 11.3 Å². The van der Waals surface area contributed by atoms with Crippen LogP contribution in [-0.2, 0) is 0 Å². The standard InChI is InChI=1S/C19H22FNO3/c1-5-24-17-8-7-15(10-12(17)2)19(22)21-13(3)14-6-9-18(23-4)16(20)11-14/h6-11,13H,5H2,1-4H3,(H,21,22). The number of ether oxygens (including phenoxy) is 2. The molecule has 0 heterocycles. The lowest BCUT2D eigenvalue weighted by atomic mass is 10.1. The molecule has 0 aromatic heterocycles. The minimum absolute atomic E-state index is 0.180. The van der Waals surface area contributed by atoms with Crippen molar-refractivity contribution in [3.8, 4) is 11.5 Å². The van der Waals surface area contributed by atoms with E-state index in [9.17, 15) is 9.18 Å². The zero-order valence-electron chi connectivity index (χ0n) is 14.4. The fourth-order valence-electron chi connectivity index (χ4n) is 2.42. The molecular formula is C19H22FNO3. The second kappa shape index (κ2) is 7.81. The van der Waals surface area contributed by atoms with E-state index in [-0.39, 0.29) is 17.7 Å². The van der Waals surface area contributed by atoms with Gasteiger partial charge in [-0.2, -0.15) is 0 Å². The van der Waals surface area contributed by atoms with E-state index in [2.05, 4.69) is 5.32 Å². The van der Waals surface area contributed by atoms with E-state index >= 15 is 0 Å². The molecule has 0 saturated heterocycles. The van der Waals surface area contributed by atoms with Gasteiger partial charge in [0.15, 0.2) is 11.6 Å². The van der Waals surface area contributed by atoms with E-state index in [1.165, 1.54) is 13.2 Å². The van der Waals surface area contributed by atoms with Crippen LogP contribution in [-0.4, -0.2) is 19.6 Å². The van der Waals surface area contributed by atoms with Gasteiger partial charge in [-0.05, 0) is 62.2 Å². The van der Waals surface area contributed by atoms with Crippen LogP contribution in [0.4, 0.5) is 4.39 Å². The molecule has 0 fully saturated rings. The van der Waals surface area contributed by atoms with Gasteiger partial charge in [0, 0.05) is 5.56 Å². The topological polar surface area (TPSA) is 47.6 Å². The first-order valence-corrected chi connectivity index (χ1v) is 7.84. The Hall–Kier alpha value is -2.56. The van der Waals surface area contributed by atoms with Crippen LogP contribution < -0.4 is 14.8 Å². The highest BCUT2D eigenvalue weighted by molar-refractivity contribution is 5.94. The maximum absolute atomic E-state index is 13.8. The van der Waals surface area contributed by atoms with Gasteiger partial charge in [0.25, 0.3) is 5.91 Å².